The zero-order valence-electron chi connectivity index (χ0n) is 15.2. The third-order valence-corrected chi connectivity index (χ3v) is 4.26. The number of carbonyl (C=O) groups excluding carboxylic acids is 2. The Morgan fingerprint density at radius 1 is 1.11 bits per heavy atom. The van der Waals surface area contributed by atoms with Gasteiger partial charge in [-0.1, -0.05) is 17.7 Å². The van der Waals surface area contributed by atoms with Gasteiger partial charge in [0.15, 0.2) is 6.61 Å². The number of hydrogen-bond acceptors (Lipinski definition) is 4. The van der Waals surface area contributed by atoms with Gasteiger partial charge in [0.25, 0.3) is 11.8 Å². The van der Waals surface area contributed by atoms with Gasteiger partial charge in [0.2, 0.25) is 0 Å². The third kappa shape index (κ3) is 4.92. The molecule has 0 unspecified atom stereocenters. The first-order chi connectivity index (χ1) is 13.4. The highest BCUT2D eigenvalue weighted by Gasteiger charge is 2.12. The summed E-state index contributed by atoms with van der Waals surface area (Å²) in [4.78, 5) is 23.5. The van der Waals surface area contributed by atoms with E-state index in [9.17, 15) is 9.59 Å². The number of halogens is 1. The monoisotopic (exact) mass is 398 g/mol. The molecule has 144 valence electrons. The number of nitrogens with two attached hydrogens (primary N) is 1. The van der Waals surface area contributed by atoms with E-state index < -0.39 is 5.91 Å². The number of hydrogen-bond donors (Lipinski definition) is 2. The molecule has 2 amide bonds. The quantitative estimate of drug-likeness (QED) is 0.634. The van der Waals surface area contributed by atoms with Crippen molar-refractivity contribution in [3.05, 3.63) is 76.5 Å². The number of ether oxygens (including phenoxy) is 1. The van der Waals surface area contributed by atoms with Crippen LogP contribution in [0.25, 0.3) is 11.3 Å². The molecule has 0 fully saturated rings. The van der Waals surface area contributed by atoms with Gasteiger partial charge < -0.3 is 20.2 Å². The Labute approximate surface area is 167 Å². The first-order valence-corrected chi connectivity index (χ1v) is 8.95. The summed E-state index contributed by atoms with van der Waals surface area (Å²) in [6.45, 7) is 1.83. The van der Waals surface area contributed by atoms with E-state index in [1.807, 2.05) is 25.1 Å². The molecule has 7 heteroatoms. The maximum absolute atomic E-state index is 12.1. The molecule has 3 N–H and O–H groups in total. The zero-order chi connectivity index (χ0) is 20.1. The molecule has 0 spiro atoms. The largest absolute Gasteiger partial charge is 0.483 e. The summed E-state index contributed by atoms with van der Waals surface area (Å²) in [6.07, 6.45) is 0. The van der Waals surface area contributed by atoms with Crippen LogP contribution in [0.2, 0.25) is 5.02 Å². The molecule has 0 aliphatic carbocycles. The average Bonchev–Trinajstić information content (AvgIpc) is 3.14. The van der Waals surface area contributed by atoms with E-state index >= 15 is 0 Å². The van der Waals surface area contributed by atoms with Crippen LogP contribution in [0.1, 0.15) is 21.7 Å². The van der Waals surface area contributed by atoms with E-state index in [4.69, 9.17) is 26.5 Å². The summed E-state index contributed by atoms with van der Waals surface area (Å²) in [6, 6.07) is 15.9. The van der Waals surface area contributed by atoms with Crippen LogP contribution in [0.15, 0.2) is 59.0 Å². The molecule has 0 saturated heterocycles. The number of aryl methyl sites for hydroxylation is 1. The van der Waals surface area contributed by atoms with Crippen molar-refractivity contribution in [1.29, 1.82) is 0 Å². The first kappa shape index (κ1) is 19.5. The average molecular weight is 399 g/mol. The number of primary amides is 1. The van der Waals surface area contributed by atoms with E-state index in [1.165, 1.54) is 0 Å². The fourth-order valence-electron chi connectivity index (χ4n) is 2.57. The Morgan fingerprint density at radius 2 is 1.86 bits per heavy atom. The maximum atomic E-state index is 12.1. The highest BCUT2D eigenvalue weighted by atomic mass is 35.5. The standard InChI is InChI=1S/C21H19ClN2O4/c1-13-2-8-17(21(23)26)19(10-13)27-12-20(25)24-11-16-7-9-18(28-16)14-3-5-15(22)6-4-14/h2-10H,11-12H2,1H3,(H2,23,26)(H,24,25). The van der Waals surface area contributed by atoms with Gasteiger partial charge in [0.1, 0.15) is 17.3 Å². The summed E-state index contributed by atoms with van der Waals surface area (Å²) in [7, 11) is 0. The van der Waals surface area contributed by atoms with Crippen LogP contribution in [0.4, 0.5) is 0 Å². The summed E-state index contributed by atoms with van der Waals surface area (Å²) >= 11 is 5.88. The van der Waals surface area contributed by atoms with Crippen LogP contribution in [-0.4, -0.2) is 18.4 Å². The predicted molar refractivity (Wildman–Crippen MR) is 106 cm³/mol. The van der Waals surface area contributed by atoms with Gasteiger partial charge in [0.05, 0.1) is 12.1 Å². The number of nitrogens with one attached hydrogen (secondary N) is 1. The van der Waals surface area contributed by atoms with Crippen LogP contribution in [0.3, 0.4) is 0 Å². The highest BCUT2D eigenvalue weighted by molar-refractivity contribution is 6.30. The molecule has 0 saturated carbocycles. The SMILES string of the molecule is Cc1ccc(C(N)=O)c(OCC(=O)NCc2ccc(-c3ccc(Cl)cc3)o2)c1. The molecule has 3 aromatic rings. The van der Waals surface area contributed by atoms with Crippen molar-refractivity contribution in [2.45, 2.75) is 13.5 Å². The van der Waals surface area contributed by atoms with Crippen molar-refractivity contribution >= 4 is 23.4 Å². The summed E-state index contributed by atoms with van der Waals surface area (Å²) in [5.41, 5.74) is 7.34. The van der Waals surface area contributed by atoms with Gasteiger partial charge in [-0.25, -0.2) is 0 Å². The lowest BCUT2D eigenvalue weighted by Crippen LogP contribution is -2.28. The second-order valence-corrected chi connectivity index (χ2v) is 6.64. The fourth-order valence-corrected chi connectivity index (χ4v) is 2.70. The van der Waals surface area contributed by atoms with Crippen molar-refractivity contribution in [2.75, 3.05) is 6.61 Å². The van der Waals surface area contributed by atoms with E-state index in [0.29, 0.717) is 16.5 Å². The topological polar surface area (TPSA) is 94.6 Å². The summed E-state index contributed by atoms with van der Waals surface area (Å²) in [5, 5.41) is 3.36. The molecule has 6 nitrogen and oxygen atoms in total. The zero-order valence-corrected chi connectivity index (χ0v) is 16.0. The maximum Gasteiger partial charge on any atom is 0.258 e. The Hall–Kier alpha value is -3.25. The first-order valence-electron chi connectivity index (χ1n) is 8.57. The normalized spacial score (nSPS) is 10.5. The molecule has 0 aliphatic rings. The lowest BCUT2D eigenvalue weighted by atomic mass is 10.1. The summed E-state index contributed by atoms with van der Waals surface area (Å²) < 4.78 is 11.2. The fraction of sp³-hybridized carbons (Fsp3) is 0.143. The molecule has 1 aromatic heterocycles. The second-order valence-electron chi connectivity index (χ2n) is 6.20. The van der Waals surface area contributed by atoms with Gasteiger partial charge in [-0.05, 0) is 61.0 Å². The van der Waals surface area contributed by atoms with Gasteiger partial charge in [0, 0.05) is 10.6 Å². The smallest absolute Gasteiger partial charge is 0.258 e. The van der Waals surface area contributed by atoms with Crippen LogP contribution in [0, 0.1) is 6.92 Å². The van der Waals surface area contributed by atoms with Crippen LogP contribution in [0.5, 0.6) is 5.75 Å². The Morgan fingerprint density at radius 3 is 2.57 bits per heavy atom. The third-order valence-electron chi connectivity index (χ3n) is 4.01. The van der Waals surface area contributed by atoms with Crippen LogP contribution < -0.4 is 15.8 Å². The molecule has 28 heavy (non-hydrogen) atoms. The number of amides is 2. The van der Waals surface area contributed by atoms with Crippen LogP contribution in [-0.2, 0) is 11.3 Å². The molecule has 0 bridgehead atoms. The van der Waals surface area contributed by atoms with E-state index in [0.717, 1.165) is 11.1 Å². The highest BCUT2D eigenvalue weighted by Crippen LogP contribution is 2.24. The van der Waals surface area contributed by atoms with Crippen molar-refractivity contribution in [3.63, 3.8) is 0 Å². The molecule has 0 aliphatic heterocycles. The van der Waals surface area contributed by atoms with E-state index in [2.05, 4.69) is 5.32 Å². The van der Waals surface area contributed by atoms with E-state index in [1.54, 1.807) is 36.4 Å². The Bertz CT molecular complexity index is 996. The predicted octanol–water partition coefficient (Wildman–Crippen LogP) is 3.70. The molecular formula is C21H19ClN2O4. The van der Waals surface area contributed by atoms with Crippen molar-refractivity contribution in [3.8, 4) is 17.1 Å². The lowest BCUT2D eigenvalue weighted by Gasteiger charge is -2.10. The van der Waals surface area contributed by atoms with Gasteiger partial charge in [-0.15, -0.1) is 0 Å². The second kappa shape index (κ2) is 8.63. The molecule has 2 aromatic carbocycles. The number of benzene rings is 2. The summed E-state index contributed by atoms with van der Waals surface area (Å²) in [5.74, 6) is 0.613. The lowest BCUT2D eigenvalue weighted by molar-refractivity contribution is -0.123. The van der Waals surface area contributed by atoms with Gasteiger partial charge >= 0.3 is 0 Å². The van der Waals surface area contributed by atoms with Crippen molar-refractivity contribution in [2.24, 2.45) is 5.73 Å². The minimum atomic E-state index is -0.610. The number of carbonyl (C=O) groups is 2. The van der Waals surface area contributed by atoms with Crippen molar-refractivity contribution in [1.82, 2.24) is 5.32 Å². The number of rotatable bonds is 7. The molecule has 0 atom stereocenters. The Balaban J connectivity index is 1.55. The van der Waals surface area contributed by atoms with Crippen molar-refractivity contribution < 1.29 is 18.7 Å². The molecule has 3 rings (SSSR count). The van der Waals surface area contributed by atoms with Crippen LogP contribution >= 0.6 is 11.6 Å². The Kier molecular flexibility index (Phi) is 6.01. The van der Waals surface area contributed by atoms with Gasteiger partial charge in [-0.3, -0.25) is 9.59 Å². The number of furan rings is 1. The molecular weight excluding hydrogens is 380 g/mol. The minimum Gasteiger partial charge on any atom is -0.483 e. The molecule has 0 radical (unpaired) electrons. The molecule has 1 heterocycles. The van der Waals surface area contributed by atoms with Gasteiger partial charge in [-0.2, -0.15) is 0 Å². The van der Waals surface area contributed by atoms with E-state index in [-0.39, 0.29) is 30.4 Å². The minimum absolute atomic E-state index is 0.215.